The van der Waals surface area contributed by atoms with Crippen molar-refractivity contribution in [3.63, 3.8) is 0 Å². The van der Waals surface area contributed by atoms with E-state index in [1.807, 2.05) is 6.92 Å². The highest BCUT2D eigenvalue weighted by Crippen LogP contribution is 2.12. The van der Waals surface area contributed by atoms with E-state index in [4.69, 9.17) is 4.74 Å². The lowest BCUT2D eigenvalue weighted by molar-refractivity contribution is 0.312. The normalized spacial score (nSPS) is 12.0. The average molecular weight is 257 g/mol. The number of hydrogen-bond acceptors (Lipinski definition) is 7. The number of nitrogens with zero attached hydrogens (tertiary/aromatic N) is 3. The molecule has 2 N–H and O–H groups in total. The zero-order valence-corrected chi connectivity index (χ0v) is 11.5. The minimum absolute atomic E-state index is 0.339. The lowest BCUT2D eigenvalue weighted by atomic mass is 10.5. The maximum absolute atomic E-state index is 5.27. The fourth-order valence-electron chi connectivity index (χ4n) is 1.06. The molecule has 0 radical (unpaired) electrons. The molecule has 1 aromatic rings. The molecule has 7 heteroatoms. The fourth-order valence-corrected chi connectivity index (χ4v) is 1.31. The summed E-state index contributed by atoms with van der Waals surface area (Å²) in [6.07, 6.45) is 2.07. The summed E-state index contributed by atoms with van der Waals surface area (Å²) < 4.78 is 5.27. The summed E-state index contributed by atoms with van der Waals surface area (Å²) >= 11 is 1.79. The molecule has 0 amide bonds. The van der Waals surface area contributed by atoms with Gasteiger partial charge in [0.05, 0.1) is 6.61 Å². The maximum Gasteiger partial charge on any atom is 0.323 e. The average Bonchev–Trinajstić information content (AvgIpc) is 2.36. The van der Waals surface area contributed by atoms with Crippen molar-refractivity contribution in [1.82, 2.24) is 15.0 Å². The lowest BCUT2D eigenvalue weighted by Crippen LogP contribution is -2.16. The smallest absolute Gasteiger partial charge is 0.323 e. The summed E-state index contributed by atoms with van der Waals surface area (Å²) in [7, 11) is 1.76. The van der Waals surface area contributed by atoms with Crippen LogP contribution in [-0.2, 0) is 0 Å². The monoisotopic (exact) mass is 257 g/mol. The zero-order chi connectivity index (χ0) is 12.7. The van der Waals surface area contributed by atoms with Gasteiger partial charge in [0.1, 0.15) is 0 Å². The molecule has 0 saturated heterocycles. The molecular weight excluding hydrogens is 238 g/mol. The molecule has 0 aromatic carbocycles. The topological polar surface area (TPSA) is 72.0 Å². The molecule has 0 fully saturated rings. The molecule has 0 bridgehead atoms. The van der Waals surface area contributed by atoms with Gasteiger partial charge in [-0.2, -0.15) is 26.7 Å². The number of rotatable bonds is 7. The van der Waals surface area contributed by atoms with E-state index in [2.05, 4.69) is 38.8 Å². The number of anilines is 2. The number of nitrogens with one attached hydrogen (secondary N) is 2. The van der Waals surface area contributed by atoms with Gasteiger partial charge in [-0.25, -0.2) is 0 Å². The van der Waals surface area contributed by atoms with Gasteiger partial charge in [-0.3, -0.25) is 0 Å². The van der Waals surface area contributed by atoms with E-state index in [0.717, 1.165) is 6.54 Å². The third kappa shape index (κ3) is 4.64. The molecule has 1 aromatic heterocycles. The standard InChI is InChI=1S/C10H19N5OS/c1-5-16-10-14-8(11-3)13-9(15-10)12-6-7(2)17-4/h7H,5-6H2,1-4H3,(H2,11,12,13,14,15). The summed E-state index contributed by atoms with van der Waals surface area (Å²) in [5.74, 6) is 1.04. The summed E-state index contributed by atoms with van der Waals surface area (Å²) in [6.45, 7) is 5.38. The second-order valence-corrected chi connectivity index (χ2v) is 4.65. The van der Waals surface area contributed by atoms with Crippen molar-refractivity contribution in [3.05, 3.63) is 0 Å². The molecule has 17 heavy (non-hydrogen) atoms. The first-order chi connectivity index (χ1) is 8.19. The van der Waals surface area contributed by atoms with Crippen LogP contribution in [0.3, 0.4) is 0 Å². The second kappa shape index (κ2) is 7.16. The first kappa shape index (κ1) is 13.8. The van der Waals surface area contributed by atoms with Gasteiger partial charge in [-0.1, -0.05) is 6.92 Å². The van der Waals surface area contributed by atoms with E-state index in [0.29, 0.717) is 29.8 Å². The van der Waals surface area contributed by atoms with Crippen LogP contribution >= 0.6 is 11.8 Å². The molecular formula is C10H19N5OS. The van der Waals surface area contributed by atoms with Crippen molar-refractivity contribution in [3.8, 4) is 6.01 Å². The Hall–Kier alpha value is -1.24. The van der Waals surface area contributed by atoms with E-state index in [1.54, 1.807) is 18.8 Å². The Morgan fingerprint density at radius 1 is 1.29 bits per heavy atom. The van der Waals surface area contributed by atoms with Crippen LogP contribution in [0.15, 0.2) is 0 Å². The van der Waals surface area contributed by atoms with Gasteiger partial charge in [0.2, 0.25) is 11.9 Å². The largest absolute Gasteiger partial charge is 0.464 e. The Morgan fingerprint density at radius 2 is 2.00 bits per heavy atom. The van der Waals surface area contributed by atoms with Crippen LogP contribution in [0.5, 0.6) is 6.01 Å². The number of hydrogen-bond donors (Lipinski definition) is 2. The Kier molecular flexibility index (Phi) is 5.82. The first-order valence-corrected chi connectivity index (χ1v) is 6.81. The second-order valence-electron chi connectivity index (χ2n) is 3.38. The van der Waals surface area contributed by atoms with E-state index >= 15 is 0 Å². The summed E-state index contributed by atoms with van der Waals surface area (Å²) in [4.78, 5) is 12.5. The molecule has 1 heterocycles. The third-order valence-corrected chi connectivity index (χ3v) is 3.03. The lowest BCUT2D eigenvalue weighted by Gasteiger charge is -2.11. The molecule has 0 spiro atoms. The van der Waals surface area contributed by atoms with E-state index in [-0.39, 0.29) is 0 Å². The molecule has 1 rings (SSSR count). The van der Waals surface area contributed by atoms with E-state index < -0.39 is 0 Å². The van der Waals surface area contributed by atoms with Crippen LogP contribution in [-0.4, -0.2) is 46.7 Å². The quantitative estimate of drug-likeness (QED) is 0.766. The Morgan fingerprint density at radius 3 is 2.59 bits per heavy atom. The predicted molar refractivity (Wildman–Crippen MR) is 72.0 cm³/mol. The summed E-state index contributed by atoms with van der Waals surface area (Å²) in [5.41, 5.74) is 0. The summed E-state index contributed by atoms with van der Waals surface area (Å²) in [5, 5.41) is 6.55. The molecule has 96 valence electrons. The molecule has 1 atom stereocenters. The van der Waals surface area contributed by atoms with Crippen molar-refractivity contribution in [2.45, 2.75) is 19.1 Å². The number of ether oxygens (including phenoxy) is 1. The van der Waals surface area contributed by atoms with Crippen LogP contribution in [0.1, 0.15) is 13.8 Å². The van der Waals surface area contributed by atoms with Gasteiger partial charge in [-0.05, 0) is 13.2 Å². The van der Waals surface area contributed by atoms with Crippen molar-refractivity contribution in [2.75, 3.05) is 37.1 Å². The minimum Gasteiger partial charge on any atom is -0.464 e. The van der Waals surface area contributed by atoms with Gasteiger partial charge in [0.15, 0.2) is 0 Å². The Labute approximate surface area is 106 Å². The van der Waals surface area contributed by atoms with Crippen LogP contribution in [0.4, 0.5) is 11.9 Å². The van der Waals surface area contributed by atoms with Crippen molar-refractivity contribution < 1.29 is 4.74 Å². The molecule has 0 aliphatic carbocycles. The van der Waals surface area contributed by atoms with E-state index in [9.17, 15) is 0 Å². The fraction of sp³-hybridized carbons (Fsp3) is 0.700. The Balaban J connectivity index is 2.72. The van der Waals surface area contributed by atoms with Crippen LogP contribution in [0.2, 0.25) is 0 Å². The molecule has 0 saturated carbocycles. The maximum atomic E-state index is 5.27. The highest BCUT2D eigenvalue weighted by atomic mass is 32.2. The van der Waals surface area contributed by atoms with Gasteiger partial charge in [-0.15, -0.1) is 0 Å². The minimum atomic E-state index is 0.339. The van der Waals surface area contributed by atoms with E-state index in [1.165, 1.54) is 0 Å². The van der Waals surface area contributed by atoms with Gasteiger partial charge < -0.3 is 15.4 Å². The zero-order valence-electron chi connectivity index (χ0n) is 10.6. The summed E-state index contributed by atoms with van der Waals surface area (Å²) in [6, 6.07) is 0.339. The molecule has 0 aliphatic rings. The number of aromatic nitrogens is 3. The van der Waals surface area contributed by atoms with Gasteiger partial charge >= 0.3 is 6.01 Å². The van der Waals surface area contributed by atoms with Crippen molar-refractivity contribution in [2.24, 2.45) is 0 Å². The van der Waals surface area contributed by atoms with Crippen LogP contribution < -0.4 is 15.4 Å². The molecule has 1 unspecified atom stereocenters. The predicted octanol–water partition coefficient (Wildman–Crippen LogP) is 1.48. The highest BCUT2D eigenvalue weighted by molar-refractivity contribution is 7.99. The SMILES string of the molecule is CCOc1nc(NC)nc(NCC(C)SC)n1. The first-order valence-electron chi connectivity index (χ1n) is 5.52. The third-order valence-electron chi connectivity index (χ3n) is 2.06. The number of thioether (sulfide) groups is 1. The molecule has 6 nitrogen and oxygen atoms in total. The van der Waals surface area contributed by atoms with Crippen LogP contribution in [0, 0.1) is 0 Å². The highest BCUT2D eigenvalue weighted by Gasteiger charge is 2.07. The van der Waals surface area contributed by atoms with Crippen LogP contribution in [0.25, 0.3) is 0 Å². The Bertz CT molecular complexity index is 349. The van der Waals surface area contributed by atoms with Crippen molar-refractivity contribution >= 4 is 23.7 Å². The van der Waals surface area contributed by atoms with Gasteiger partial charge in [0, 0.05) is 18.8 Å². The van der Waals surface area contributed by atoms with Crippen molar-refractivity contribution in [1.29, 1.82) is 0 Å². The van der Waals surface area contributed by atoms with Gasteiger partial charge in [0.25, 0.3) is 0 Å². The molecule has 0 aliphatic heterocycles.